The Kier molecular flexibility index (Phi) is 3.86. The molecule has 1 amide bonds. The summed E-state index contributed by atoms with van der Waals surface area (Å²) in [5, 5.41) is 2.83. The Morgan fingerprint density at radius 2 is 2.47 bits per heavy atom. The summed E-state index contributed by atoms with van der Waals surface area (Å²) in [6.45, 7) is 2.54. The van der Waals surface area contributed by atoms with Crippen LogP contribution in [0.2, 0.25) is 0 Å². The molecule has 0 radical (unpaired) electrons. The van der Waals surface area contributed by atoms with Gasteiger partial charge in [0.05, 0.1) is 12.1 Å². The molecule has 1 saturated carbocycles. The number of halogens is 1. The molecular formula is C11H15BrN2O3. The van der Waals surface area contributed by atoms with Crippen molar-refractivity contribution in [1.29, 1.82) is 0 Å². The number of amides is 1. The summed E-state index contributed by atoms with van der Waals surface area (Å²) in [5.74, 6) is 0.00627. The molecule has 0 aliphatic heterocycles. The van der Waals surface area contributed by atoms with Crippen molar-refractivity contribution in [2.45, 2.75) is 31.5 Å². The Balaban J connectivity index is 1.94. The largest absolute Gasteiger partial charge is 0.444 e. The van der Waals surface area contributed by atoms with Crippen molar-refractivity contribution in [2.24, 2.45) is 5.73 Å². The molecule has 1 fully saturated rings. The van der Waals surface area contributed by atoms with E-state index >= 15 is 0 Å². The number of nitrogens with two attached hydrogens (primary N) is 1. The fraction of sp³-hybridized carbons (Fsp3) is 0.545. The fourth-order valence-electron chi connectivity index (χ4n) is 1.89. The summed E-state index contributed by atoms with van der Waals surface area (Å²) in [5.41, 5.74) is 5.84. The number of ether oxygens (including phenoxy) is 1. The minimum atomic E-state index is -0.263. The first-order chi connectivity index (χ1) is 8.11. The van der Waals surface area contributed by atoms with Crippen LogP contribution in [0, 0.1) is 0 Å². The smallest absolute Gasteiger partial charge is 0.287 e. The van der Waals surface area contributed by atoms with Gasteiger partial charge in [-0.25, -0.2) is 0 Å². The molecule has 3 unspecified atom stereocenters. The Bertz CT molecular complexity index is 405. The van der Waals surface area contributed by atoms with E-state index in [1.54, 1.807) is 12.1 Å². The van der Waals surface area contributed by atoms with E-state index in [1.165, 1.54) is 0 Å². The quantitative estimate of drug-likeness (QED) is 0.878. The topological polar surface area (TPSA) is 77.5 Å². The summed E-state index contributed by atoms with van der Waals surface area (Å²) in [6, 6.07) is 3.11. The summed E-state index contributed by atoms with van der Waals surface area (Å²) < 4.78 is 11.2. The van der Waals surface area contributed by atoms with Gasteiger partial charge in [-0.3, -0.25) is 4.79 Å². The van der Waals surface area contributed by atoms with Crippen LogP contribution in [-0.4, -0.2) is 30.7 Å². The van der Waals surface area contributed by atoms with E-state index in [2.05, 4.69) is 21.2 Å². The van der Waals surface area contributed by atoms with Gasteiger partial charge in [-0.05, 0) is 41.4 Å². The minimum Gasteiger partial charge on any atom is -0.444 e. The normalized spacial score (nSPS) is 27.6. The second-order valence-corrected chi connectivity index (χ2v) is 4.78. The van der Waals surface area contributed by atoms with Crippen molar-refractivity contribution in [3.05, 3.63) is 22.6 Å². The molecule has 3 N–H and O–H groups in total. The van der Waals surface area contributed by atoms with Gasteiger partial charge in [0.1, 0.15) is 0 Å². The van der Waals surface area contributed by atoms with E-state index in [0.717, 1.165) is 6.42 Å². The number of hydrogen-bond acceptors (Lipinski definition) is 4. The molecule has 17 heavy (non-hydrogen) atoms. The highest BCUT2D eigenvalue weighted by molar-refractivity contribution is 9.10. The number of hydrogen-bond donors (Lipinski definition) is 2. The summed E-state index contributed by atoms with van der Waals surface area (Å²) in [7, 11) is 0. The highest BCUT2D eigenvalue weighted by atomic mass is 79.9. The zero-order valence-corrected chi connectivity index (χ0v) is 11.1. The second kappa shape index (κ2) is 5.20. The third kappa shape index (κ3) is 2.70. The molecule has 1 aliphatic rings. The second-order valence-electron chi connectivity index (χ2n) is 4.00. The third-order valence-electron chi connectivity index (χ3n) is 2.84. The van der Waals surface area contributed by atoms with Gasteiger partial charge >= 0.3 is 0 Å². The van der Waals surface area contributed by atoms with Crippen molar-refractivity contribution in [1.82, 2.24) is 5.32 Å². The molecule has 1 aromatic heterocycles. The standard InChI is InChI=1S/C11H15BrN2O3/c1-2-16-8-5-6(13)10(8)14-11(15)7-3-4-9(12)17-7/h3-4,6,8,10H,2,5,13H2,1H3,(H,14,15). The first-order valence-corrected chi connectivity index (χ1v) is 6.34. The predicted octanol–water partition coefficient (Wildman–Crippen LogP) is 1.28. The van der Waals surface area contributed by atoms with Gasteiger partial charge in [0, 0.05) is 12.6 Å². The number of rotatable bonds is 4. The van der Waals surface area contributed by atoms with Gasteiger partial charge in [-0.2, -0.15) is 0 Å². The molecule has 0 spiro atoms. The molecule has 0 saturated heterocycles. The van der Waals surface area contributed by atoms with Gasteiger partial charge in [0.2, 0.25) is 0 Å². The maximum atomic E-state index is 11.8. The molecule has 3 atom stereocenters. The van der Waals surface area contributed by atoms with Crippen molar-refractivity contribution >= 4 is 21.8 Å². The maximum absolute atomic E-state index is 11.8. The Morgan fingerprint density at radius 1 is 1.71 bits per heavy atom. The van der Waals surface area contributed by atoms with Crippen LogP contribution in [0.25, 0.3) is 0 Å². The first-order valence-electron chi connectivity index (χ1n) is 5.55. The van der Waals surface area contributed by atoms with E-state index in [1.807, 2.05) is 6.92 Å². The highest BCUT2D eigenvalue weighted by Crippen LogP contribution is 2.23. The van der Waals surface area contributed by atoms with Crippen molar-refractivity contribution in [3.63, 3.8) is 0 Å². The summed E-state index contributed by atoms with van der Waals surface area (Å²) >= 11 is 3.15. The number of carbonyl (C=O) groups is 1. The van der Waals surface area contributed by atoms with Crippen LogP contribution in [0.4, 0.5) is 0 Å². The number of nitrogens with one attached hydrogen (secondary N) is 1. The van der Waals surface area contributed by atoms with Gasteiger partial charge in [0.15, 0.2) is 10.4 Å². The van der Waals surface area contributed by atoms with Crippen LogP contribution in [0.5, 0.6) is 0 Å². The van der Waals surface area contributed by atoms with E-state index in [-0.39, 0.29) is 29.9 Å². The van der Waals surface area contributed by atoms with E-state index < -0.39 is 0 Å². The van der Waals surface area contributed by atoms with Crippen LogP contribution in [0.3, 0.4) is 0 Å². The van der Waals surface area contributed by atoms with Crippen LogP contribution in [0.1, 0.15) is 23.9 Å². The van der Waals surface area contributed by atoms with E-state index in [0.29, 0.717) is 11.3 Å². The molecule has 6 heteroatoms. The molecule has 5 nitrogen and oxygen atoms in total. The van der Waals surface area contributed by atoms with E-state index in [4.69, 9.17) is 14.9 Å². The maximum Gasteiger partial charge on any atom is 0.287 e. The Hall–Kier alpha value is -0.850. The zero-order chi connectivity index (χ0) is 12.4. The highest BCUT2D eigenvalue weighted by Gasteiger charge is 2.40. The zero-order valence-electron chi connectivity index (χ0n) is 9.48. The molecule has 1 aliphatic carbocycles. The van der Waals surface area contributed by atoms with Gasteiger partial charge < -0.3 is 20.2 Å². The van der Waals surface area contributed by atoms with Crippen molar-refractivity contribution in [3.8, 4) is 0 Å². The lowest BCUT2D eigenvalue weighted by molar-refractivity contribution is -0.0302. The van der Waals surface area contributed by atoms with Gasteiger partial charge in [-0.1, -0.05) is 0 Å². The molecule has 2 rings (SSSR count). The fourth-order valence-corrected chi connectivity index (χ4v) is 2.19. The van der Waals surface area contributed by atoms with Crippen LogP contribution in [0.15, 0.2) is 21.2 Å². The SMILES string of the molecule is CCOC1CC(N)C1NC(=O)c1ccc(Br)o1. The van der Waals surface area contributed by atoms with Crippen molar-refractivity contribution in [2.75, 3.05) is 6.61 Å². The van der Waals surface area contributed by atoms with E-state index in [9.17, 15) is 4.79 Å². The molecule has 0 bridgehead atoms. The molecular weight excluding hydrogens is 288 g/mol. The lowest BCUT2D eigenvalue weighted by Gasteiger charge is -2.42. The monoisotopic (exact) mass is 302 g/mol. The average molecular weight is 303 g/mol. The molecule has 1 heterocycles. The Morgan fingerprint density at radius 3 is 3.00 bits per heavy atom. The van der Waals surface area contributed by atoms with Gasteiger partial charge in [-0.15, -0.1) is 0 Å². The Labute approximate surface area is 108 Å². The molecule has 1 aromatic rings. The van der Waals surface area contributed by atoms with Crippen molar-refractivity contribution < 1.29 is 13.9 Å². The van der Waals surface area contributed by atoms with Crippen LogP contribution < -0.4 is 11.1 Å². The first kappa shape index (κ1) is 12.6. The summed E-state index contributed by atoms with van der Waals surface area (Å²) in [4.78, 5) is 11.8. The van der Waals surface area contributed by atoms with Gasteiger partial charge in [0.25, 0.3) is 5.91 Å². The average Bonchev–Trinajstić information content (AvgIpc) is 2.72. The lowest BCUT2D eigenvalue weighted by atomic mass is 9.83. The number of carbonyl (C=O) groups excluding carboxylic acids is 1. The minimum absolute atomic E-state index is 0.0114. The number of furan rings is 1. The predicted molar refractivity (Wildman–Crippen MR) is 65.7 cm³/mol. The van der Waals surface area contributed by atoms with Crippen LogP contribution >= 0.6 is 15.9 Å². The third-order valence-corrected chi connectivity index (χ3v) is 3.27. The lowest BCUT2D eigenvalue weighted by Crippen LogP contribution is -2.64. The van der Waals surface area contributed by atoms with Crippen LogP contribution in [-0.2, 0) is 4.74 Å². The molecule has 0 aromatic carbocycles. The molecule has 94 valence electrons. The summed E-state index contributed by atoms with van der Waals surface area (Å²) in [6.07, 6.45) is 0.790.